The molecule has 0 aliphatic carbocycles. The molecule has 0 spiro atoms. The van der Waals surface area contributed by atoms with Gasteiger partial charge in [-0.15, -0.1) is 11.3 Å². The van der Waals surface area contributed by atoms with Crippen molar-refractivity contribution in [3.8, 4) is 11.1 Å². The maximum absolute atomic E-state index is 15.6. The molecule has 5 aromatic rings. The number of aromatic nitrogens is 2. The molecule has 2 saturated heterocycles. The maximum atomic E-state index is 15.6. The number of rotatable bonds is 5. The van der Waals surface area contributed by atoms with Crippen LogP contribution in [0.25, 0.3) is 32.2 Å². The summed E-state index contributed by atoms with van der Waals surface area (Å²) in [6.07, 6.45) is 1.55. The summed E-state index contributed by atoms with van der Waals surface area (Å²) in [6.45, 7) is 9.61. The molecule has 4 heterocycles. The summed E-state index contributed by atoms with van der Waals surface area (Å²) in [4.78, 5) is 25.7. The summed E-state index contributed by atoms with van der Waals surface area (Å²) in [5.41, 5.74) is 7.32. The molecule has 1 N–H and O–H groups in total. The Balaban J connectivity index is 1.04. The highest BCUT2D eigenvalue weighted by Crippen LogP contribution is 2.35. The number of likely N-dealkylation sites (tertiary alicyclic amines) is 2. The smallest absolute Gasteiger partial charge is 0.410 e. The van der Waals surface area contributed by atoms with Crippen LogP contribution in [0.2, 0.25) is 0 Å². The number of benzene rings is 3. The third-order valence-corrected chi connectivity index (χ3v) is 9.13. The van der Waals surface area contributed by atoms with E-state index in [-0.39, 0.29) is 11.9 Å². The van der Waals surface area contributed by atoms with E-state index in [1.807, 2.05) is 79.7 Å². The molecule has 9 heteroatoms. The number of amides is 1. The number of ether oxygens (including phenoxy) is 1. The number of nitrogens with zero attached hydrogens (tertiary/aromatic N) is 4. The minimum absolute atomic E-state index is 0.226. The first-order valence-electron chi connectivity index (χ1n) is 14.7. The molecule has 2 aliphatic rings. The molecule has 2 unspecified atom stereocenters. The van der Waals surface area contributed by atoms with Gasteiger partial charge in [-0.25, -0.2) is 14.2 Å². The summed E-state index contributed by atoms with van der Waals surface area (Å²) < 4.78 is 22.3. The lowest BCUT2D eigenvalue weighted by Gasteiger charge is -2.26. The molecule has 3 aromatic carbocycles. The summed E-state index contributed by atoms with van der Waals surface area (Å²) in [7, 11) is 0. The standard InChI is InChI=1S/C34H34FN5O2S/c1-34(2,3)42-33(41)40-18-23-16-39(17-24(23)19-40)15-21-4-7-26(28(35)12-21)22-5-8-29-27(13-22)30(10-11-36-29)38-25-6-9-32-31(14-25)37-20-43-32/h4-14,20,23-24H,15-19H2,1-3H3,(H,36,38). The molecule has 2 atom stereocenters. The van der Waals surface area contributed by atoms with Gasteiger partial charge in [-0.1, -0.05) is 18.2 Å². The van der Waals surface area contributed by atoms with Crippen molar-refractivity contribution in [2.24, 2.45) is 11.8 Å². The van der Waals surface area contributed by atoms with Gasteiger partial charge in [0.15, 0.2) is 0 Å². The van der Waals surface area contributed by atoms with E-state index < -0.39 is 5.60 Å². The van der Waals surface area contributed by atoms with Gasteiger partial charge in [0.2, 0.25) is 0 Å². The molecule has 220 valence electrons. The third kappa shape index (κ3) is 5.79. The van der Waals surface area contributed by atoms with Crippen LogP contribution in [-0.2, 0) is 11.3 Å². The quantitative estimate of drug-likeness (QED) is 0.225. The van der Waals surface area contributed by atoms with E-state index in [4.69, 9.17) is 4.74 Å². The number of hydrogen-bond donors (Lipinski definition) is 1. The molecule has 0 saturated carbocycles. The number of carbonyl (C=O) groups excluding carboxylic acids is 1. The summed E-state index contributed by atoms with van der Waals surface area (Å²) in [5.74, 6) is 0.614. The third-order valence-electron chi connectivity index (χ3n) is 8.32. The Morgan fingerprint density at radius 2 is 1.79 bits per heavy atom. The van der Waals surface area contributed by atoms with E-state index in [2.05, 4.69) is 26.3 Å². The van der Waals surface area contributed by atoms with Crippen molar-refractivity contribution in [1.82, 2.24) is 19.8 Å². The van der Waals surface area contributed by atoms with E-state index in [1.54, 1.807) is 23.6 Å². The number of anilines is 2. The number of hydrogen-bond acceptors (Lipinski definition) is 7. The molecule has 7 rings (SSSR count). The number of pyridine rings is 1. The highest BCUT2D eigenvalue weighted by molar-refractivity contribution is 7.16. The van der Waals surface area contributed by atoms with Crippen LogP contribution in [0.5, 0.6) is 0 Å². The molecule has 2 aromatic heterocycles. The van der Waals surface area contributed by atoms with E-state index in [0.29, 0.717) is 23.9 Å². The van der Waals surface area contributed by atoms with Gasteiger partial charge in [0.1, 0.15) is 11.4 Å². The van der Waals surface area contributed by atoms with Crippen molar-refractivity contribution in [2.75, 3.05) is 31.5 Å². The summed E-state index contributed by atoms with van der Waals surface area (Å²) in [6, 6.07) is 19.5. The first-order valence-corrected chi connectivity index (χ1v) is 15.5. The van der Waals surface area contributed by atoms with Gasteiger partial charge in [-0.05, 0) is 86.2 Å². The molecular weight excluding hydrogens is 561 g/mol. The van der Waals surface area contributed by atoms with Gasteiger partial charge < -0.3 is 15.0 Å². The van der Waals surface area contributed by atoms with Crippen molar-refractivity contribution in [3.05, 3.63) is 83.8 Å². The Morgan fingerprint density at radius 3 is 2.56 bits per heavy atom. The van der Waals surface area contributed by atoms with Crippen LogP contribution in [0.4, 0.5) is 20.6 Å². The van der Waals surface area contributed by atoms with Crippen molar-refractivity contribution in [2.45, 2.75) is 32.9 Å². The van der Waals surface area contributed by atoms with Crippen LogP contribution >= 0.6 is 11.3 Å². The number of halogens is 1. The Hall–Kier alpha value is -4.08. The number of carbonyl (C=O) groups is 1. The van der Waals surface area contributed by atoms with Gasteiger partial charge in [0, 0.05) is 61.2 Å². The second-order valence-corrected chi connectivity index (χ2v) is 13.6. The van der Waals surface area contributed by atoms with Crippen molar-refractivity contribution >= 4 is 49.9 Å². The van der Waals surface area contributed by atoms with Crippen LogP contribution < -0.4 is 5.32 Å². The van der Waals surface area contributed by atoms with Gasteiger partial charge in [0.05, 0.1) is 21.2 Å². The second-order valence-electron chi connectivity index (χ2n) is 12.7. The van der Waals surface area contributed by atoms with Gasteiger partial charge in [-0.2, -0.15) is 0 Å². The van der Waals surface area contributed by atoms with Gasteiger partial charge >= 0.3 is 6.09 Å². The fourth-order valence-electron chi connectivity index (χ4n) is 6.36. The number of nitrogens with one attached hydrogen (secondary N) is 1. The Kier molecular flexibility index (Phi) is 7.02. The minimum atomic E-state index is -0.489. The van der Waals surface area contributed by atoms with E-state index in [0.717, 1.165) is 69.8 Å². The van der Waals surface area contributed by atoms with Crippen molar-refractivity contribution in [1.29, 1.82) is 0 Å². The highest BCUT2D eigenvalue weighted by atomic mass is 32.1. The summed E-state index contributed by atoms with van der Waals surface area (Å²) in [5, 5.41) is 4.43. The lowest BCUT2D eigenvalue weighted by atomic mass is 10.0. The Morgan fingerprint density at radius 1 is 0.977 bits per heavy atom. The molecule has 7 nitrogen and oxygen atoms in total. The van der Waals surface area contributed by atoms with E-state index in [1.165, 1.54) is 0 Å². The predicted molar refractivity (Wildman–Crippen MR) is 170 cm³/mol. The molecule has 0 bridgehead atoms. The fraction of sp³-hybridized carbons (Fsp3) is 0.324. The molecule has 0 radical (unpaired) electrons. The average molecular weight is 596 g/mol. The molecule has 2 aliphatic heterocycles. The second kappa shape index (κ2) is 10.9. The zero-order chi connectivity index (χ0) is 29.7. The average Bonchev–Trinajstić information content (AvgIpc) is 3.67. The summed E-state index contributed by atoms with van der Waals surface area (Å²) >= 11 is 1.62. The first-order chi connectivity index (χ1) is 20.7. The highest BCUT2D eigenvalue weighted by Gasteiger charge is 2.42. The van der Waals surface area contributed by atoms with Crippen LogP contribution in [-0.4, -0.2) is 57.6 Å². The zero-order valence-corrected chi connectivity index (χ0v) is 25.3. The van der Waals surface area contributed by atoms with E-state index in [9.17, 15) is 4.79 Å². The van der Waals surface area contributed by atoms with Crippen molar-refractivity contribution in [3.63, 3.8) is 0 Å². The SMILES string of the molecule is CC(C)(C)OC(=O)N1CC2CN(Cc3ccc(-c4ccc5nccc(Nc6ccc7scnc7c6)c5c4)c(F)c3)CC2C1. The number of thiazole rings is 1. The topological polar surface area (TPSA) is 70.6 Å². The van der Waals surface area contributed by atoms with Crippen LogP contribution in [0.1, 0.15) is 26.3 Å². The van der Waals surface area contributed by atoms with Crippen LogP contribution in [0.15, 0.2) is 72.4 Å². The molecule has 2 fully saturated rings. The van der Waals surface area contributed by atoms with Crippen LogP contribution in [0.3, 0.4) is 0 Å². The number of fused-ring (bicyclic) bond motifs is 3. The molecule has 1 amide bonds. The Labute approximate surface area is 254 Å². The largest absolute Gasteiger partial charge is 0.444 e. The van der Waals surface area contributed by atoms with Gasteiger partial charge in [-0.3, -0.25) is 9.88 Å². The monoisotopic (exact) mass is 595 g/mol. The maximum Gasteiger partial charge on any atom is 0.410 e. The Bertz CT molecular complexity index is 1820. The predicted octanol–water partition coefficient (Wildman–Crippen LogP) is 7.69. The first kappa shape index (κ1) is 27.7. The molecular formula is C34H34FN5O2S. The fourth-order valence-corrected chi connectivity index (χ4v) is 7.02. The normalized spacial score (nSPS) is 18.8. The van der Waals surface area contributed by atoms with E-state index >= 15 is 4.39 Å². The van der Waals surface area contributed by atoms with Crippen molar-refractivity contribution < 1.29 is 13.9 Å². The lowest BCUT2D eigenvalue weighted by molar-refractivity contribution is 0.0274. The van der Waals surface area contributed by atoms with Crippen LogP contribution in [0, 0.1) is 17.7 Å². The molecule has 43 heavy (non-hydrogen) atoms. The zero-order valence-electron chi connectivity index (χ0n) is 24.5. The minimum Gasteiger partial charge on any atom is -0.444 e. The lowest BCUT2D eigenvalue weighted by Crippen LogP contribution is -2.37. The van der Waals surface area contributed by atoms with Gasteiger partial charge in [0.25, 0.3) is 0 Å².